The molecule has 1 aromatic heterocycles. The number of likely N-dealkylation sites (tertiary alicyclic amines) is 1. The zero-order chi connectivity index (χ0) is 19.7. The number of rotatable bonds is 3. The summed E-state index contributed by atoms with van der Waals surface area (Å²) in [4.78, 5) is 31.5. The second-order valence-electron chi connectivity index (χ2n) is 8.15. The van der Waals surface area contributed by atoms with Gasteiger partial charge in [0, 0.05) is 44.2 Å². The van der Waals surface area contributed by atoms with Crippen LogP contribution in [0.15, 0.2) is 28.7 Å². The zero-order valence-corrected chi connectivity index (χ0v) is 16.8. The maximum Gasteiger partial charge on any atom is 0.289 e. The molecule has 0 radical (unpaired) electrons. The van der Waals surface area contributed by atoms with Gasteiger partial charge in [-0.15, -0.1) is 0 Å². The summed E-state index contributed by atoms with van der Waals surface area (Å²) in [5, 5.41) is 0.961. The molecule has 2 aliphatic rings. The molecular weight excluding hydrogens is 354 g/mol. The van der Waals surface area contributed by atoms with Crippen molar-refractivity contribution in [2.45, 2.75) is 39.2 Å². The van der Waals surface area contributed by atoms with Gasteiger partial charge >= 0.3 is 0 Å². The average molecular weight is 383 g/mol. The molecule has 0 bridgehead atoms. The lowest BCUT2D eigenvalue weighted by molar-refractivity contribution is -0.136. The summed E-state index contributed by atoms with van der Waals surface area (Å²) in [5.74, 6) is 0.552. The molecule has 0 spiro atoms. The summed E-state index contributed by atoms with van der Waals surface area (Å²) in [7, 11) is 0. The van der Waals surface area contributed by atoms with Crippen molar-refractivity contribution in [3.8, 4) is 0 Å². The van der Waals surface area contributed by atoms with Gasteiger partial charge < -0.3 is 14.2 Å². The van der Waals surface area contributed by atoms with Gasteiger partial charge in [0.1, 0.15) is 5.58 Å². The lowest BCUT2D eigenvalue weighted by Crippen LogP contribution is -2.53. The van der Waals surface area contributed by atoms with Crippen LogP contribution < -0.4 is 0 Å². The quantitative estimate of drug-likeness (QED) is 0.818. The van der Waals surface area contributed by atoms with Crippen LogP contribution in [0.1, 0.15) is 42.3 Å². The van der Waals surface area contributed by atoms with Crippen molar-refractivity contribution in [2.24, 2.45) is 0 Å². The Morgan fingerprint density at radius 1 is 1.07 bits per heavy atom. The van der Waals surface area contributed by atoms with Crippen LogP contribution in [0.3, 0.4) is 0 Å². The average Bonchev–Trinajstić information content (AvgIpc) is 3.11. The Labute approximate surface area is 166 Å². The van der Waals surface area contributed by atoms with Crippen molar-refractivity contribution < 1.29 is 14.0 Å². The van der Waals surface area contributed by atoms with Gasteiger partial charge in [-0.1, -0.05) is 11.6 Å². The number of carbonyl (C=O) groups is 2. The first-order valence-electron chi connectivity index (χ1n) is 10.3. The summed E-state index contributed by atoms with van der Waals surface area (Å²) in [6, 6.07) is 8.10. The number of aryl methyl sites for hydroxylation is 1. The Kier molecular flexibility index (Phi) is 5.40. The molecule has 2 amide bonds. The molecule has 4 rings (SSSR count). The standard InChI is InChI=1S/C22H29N3O3/c1-16-6-7-19-18(13-16)14-20(28-19)22(27)24-11-9-23(10-12-24)15-21(26)25-8-4-3-5-17(25)2/h6-7,13-14,17H,3-5,8-12,15H2,1-2H3. The van der Waals surface area contributed by atoms with E-state index in [1.807, 2.05) is 41.0 Å². The van der Waals surface area contributed by atoms with Crippen molar-refractivity contribution in [3.05, 3.63) is 35.6 Å². The maximum absolute atomic E-state index is 12.8. The van der Waals surface area contributed by atoms with Crippen LogP contribution in [0.4, 0.5) is 0 Å². The van der Waals surface area contributed by atoms with E-state index in [1.54, 1.807) is 0 Å². The lowest BCUT2D eigenvalue weighted by atomic mass is 10.0. The smallest absolute Gasteiger partial charge is 0.289 e. The third kappa shape index (κ3) is 3.92. The van der Waals surface area contributed by atoms with Crippen LogP contribution >= 0.6 is 0 Å². The highest BCUT2D eigenvalue weighted by molar-refractivity contribution is 5.96. The molecule has 6 heteroatoms. The minimum absolute atomic E-state index is 0.0653. The van der Waals surface area contributed by atoms with Gasteiger partial charge in [0.05, 0.1) is 6.54 Å². The van der Waals surface area contributed by atoms with Crippen LogP contribution in [-0.4, -0.2) is 71.8 Å². The second-order valence-corrected chi connectivity index (χ2v) is 8.15. The first kappa shape index (κ1) is 19.0. The zero-order valence-electron chi connectivity index (χ0n) is 16.8. The Hall–Kier alpha value is -2.34. The monoisotopic (exact) mass is 383 g/mol. The summed E-state index contributed by atoms with van der Waals surface area (Å²) in [6.07, 6.45) is 3.42. The third-order valence-electron chi connectivity index (χ3n) is 6.02. The number of piperazine rings is 1. The van der Waals surface area contributed by atoms with E-state index in [9.17, 15) is 9.59 Å². The molecule has 0 aliphatic carbocycles. The number of hydrogen-bond donors (Lipinski definition) is 0. The molecule has 150 valence electrons. The molecule has 2 saturated heterocycles. The van der Waals surface area contributed by atoms with E-state index in [-0.39, 0.29) is 11.8 Å². The number of piperidine rings is 1. The highest BCUT2D eigenvalue weighted by Crippen LogP contribution is 2.22. The Morgan fingerprint density at radius 2 is 1.86 bits per heavy atom. The van der Waals surface area contributed by atoms with Crippen molar-refractivity contribution in [3.63, 3.8) is 0 Å². The van der Waals surface area contributed by atoms with Gasteiger partial charge in [0.15, 0.2) is 5.76 Å². The largest absolute Gasteiger partial charge is 0.451 e. The fourth-order valence-corrected chi connectivity index (χ4v) is 4.28. The fourth-order valence-electron chi connectivity index (χ4n) is 4.28. The van der Waals surface area contributed by atoms with Gasteiger partial charge in [-0.3, -0.25) is 14.5 Å². The summed E-state index contributed by atoms with van der Waals surface area (Å²) >= 11 is 0. The lowest BCUT2D eigenvalue weighted by Gasteiger charge is -2.37. The van der Waals surface area contributed by atoms with E-state index >= 15 is 0 Å². The van der Waals surface area contributed by atoms with Gasteiger partial charge in [0.25, 0.3) is 5.91 Å². The van der Waals surface area contributed by atoms with Gasteiger partial charge in [-0.05, 0) is 51.3 Å². The van der Waals surface area contributed by atoms with Crippen LogP contribution in [-0.2, 0) is 4.79 Å². The normalized spacial score (nSPS) is 21.3. The summed E-state index contributed by atoms with van der Waals surface area (Å²) in [5.41, 5.74) is 1.89. The number of benzene rings is 1. The molecule has 3 heterocycles. The fraction of sp³-hybridized carbons (Fsp3) is 0.545. The summed E-state index contributed by atoms with van der Waals surface area (Å²) < 4.78 is 5.75. The number of amides is 2. The number of hydrogen-bond acceptors (Lipinski definition) is 4. The predicted octanol–water partition coefficient (Wildman–Crippen LogP) is 2.90. The third-order valence-corrected chi connectivity index (χ3v) is 6.02. The number of nitrogens with zero attached hydrogens (tertiary/aromatic N) is 3. The van der Waals surface area contributed by atoms with Gasteiger partial charge in [-0.25, -0.2) is 0 Å². The van der Waals surface area contributed by atoms with Crippen molar-refractivity contribution >= 4 is 22.8 Å². The minimum Gasteiger partial charge on any atom is -0.451 e. The molecule has 1 atom stereocenters. The highest BCUT2D eigenvalue weighted by atomic mass is 16.3. The van der Waals surface area contributed by atoms with Crippen molar-refractivity contribution in [1.29, 1.82) is 0 Å². The highest BCUT2D eigenvalue weighted by Gasteiger charge is 2.28. The number of fused-ring (bicyclic) bond motifs is 1. The molecular formula is C22H29N3O3. The molecule has 0 saturated carbocycles. The number of carbonyl (C=O) groups excluding carboxylic acids is 2. The molecule has 1 unspecified atom stereocenters. The first-order chi connectivity index (χ1) is 13.5. The minimum atomic E-state index is -0.0653. The molecule has 0 N–H and O–H groups in total. The Morgan fingerprint density at radius 3 is 2.61 bits per heavy atom. The van der Waals surface area contributed by atoms with Crippen molar-refractivity contribution in [1.82, 2.24) is 14.7 Å². The second kappa shape index (κ2) is 7.95. The Bertz CT molecular complexity index is 867. The predicted molar refractivity (Wildman–Crippen MR) is 108 cm³/mol. The van der Waals surface area contributed by atoms with Crippen LogP contribution in [0, 0.1) is 6.92 Å². The maximum atomic E-state index is 12.8. The molecule has 2 aromatic rings. The van der Waals surface area contributed by atoms with E-state index < -0.39 is 0 Å². The van der Waals surface area contributed by atoms with Crippen LogP contribution in [0.25, 0.3) is 11.0 Å². The summed E-state index contributed by atoms with van der Waals surface area (Å²) in [6.45, 7) is 8.19. The molecule has 1 aromatic carbocycles. The van der Waals surface area contributed by atoms with Gasteiger partial charge in [-0.2, -0.15) is 0 Å². The topological polar surface area (TPSA) is 57.0 Å². The molecule has 28 heavy (non-hydrogen) atoms. The SMILES string of the molecule is Cc1ccc2oc(C(=O)N3CCN(CC(=O)N4CCCCC4C)CC3)cc2c1. The van der Waals surface area contributed by atoms with Crippen LogP contribution in [0.2, 0.25) is 0 Å². The molecule has 2 fully saturated rings. The van der Waals surface area contributed by atoms with E-state index in [2.05, 4.69) is 11.8 Å². The molecule has 6 nitrogen and oxygen atoms in total. The first-order valence-corrected chi connectivity index (χ1v) is 10.3. The van der Waals surface area contributed by atoms with Gasteiger partial charge in [0.2, 0.25) is 5.91 Å². The van der Waals surface area contributed by atoms with Crippen molar-refractivity contribution in [2.75, 3.05) is 39.3 Å². The number of furan rings is 1. The Balaban J connectivity index is 1.33. The van der Waals surface area contributed by atoms with E-state index in [0.29, 0.717) is 31.4 Å². The van der Waals surface area contributed by atoms with Crippen LogP contribution in [0.5, 0.6) is 0 Å². The molecule has 2 aliphatic heterocycles. The van der Waals surface area contributed by atoms with E-state index in [1.165, 1.54) is 6.42 Å². The van der Waals surface area contributed by atoms with E-state index in [4.69, 9.17) is 4.42 Å². The van der Waals surface area contributed by atoms with E-state index in [0.717, 1.165) is 49.0 Å².